The zero-order valence-electron chi connectivity index (χ0n) is 16.7. The van der Waals surface area contributed by atoms with E-state index in [0.717, 1.165) is 67.2 Å². The number of amides is 1. The van der Waals surface area contributed by atoms with E-state index in [-0.39, 0.29) is 5.91 Å². The molecule has 3 aromatic heterocycles. The molecule has 3 aromatic rings. The molecule has 1 fully saturated rings. The van der Waals surface area contributed by atoms with E-state index in [2.05, 4.69) is 25.3 Å². The van der Waals surface area contributed by atoms with Crippen LogP contribution < -0.4 is 0 Å². The van der Waals surface area contributed by atoms with Crippen LogP contribution in [0.5, 0.6) is 0 Å². The van der Waals surface area contributed by atoms with E-state index in [1.54, 1.807) is 24.7 Å². The van der Waals surface area contributed by atoms with Gasteiger partial charge >= 0.3 is 0 Å². The standard InChI is InChI=1S/C21H24N6O2/c1-14-20(15(2)29-26-14)19-12-17(22-13-23-19)11-16-5-4-9-27(10-7-16)21(28)18-6-3-8-24-25-18/h3,6,8,12-13,16H,4-5,7,9-11H2,1-2H3/t16-/m0/s1. The highest BCUT2D eigenvalue weighted by molar-refractivity contribution is 5.92. The molecule has 0 bridgehead atoms. The maximum Gasteiger partial charge on any atom is 0.274 e. The summed E-state index contributed by atoms with van der Waals surface area (Å²) in [5, 5.41) is 11.8. The van der Waals surface area contributed by atoms with Gasteiger partial charge in [0.15, 0.2) is 5.69 Å². The number of carbonyl (C=O) groups is 1. The van der Waals surface area contributed by atoms with Gasteiger partial charge < -0.3 is 9.42 Å². The number of hydrogen-bond donors (Lipinski definition) is 0. The normalized spacial score (nSPS) is 17.2. The predicted octanol–water partition coefficient (Wildman–Crippen LogP) is 3.02. The quantitative estimate of drug-likeness (QED) is 0.673. The zero-order chi connectivity index (χ0) is 20.2. The Kier molecular flexibility index (Phi) is 5.59. The third kappa shape index (κ3) is 4.31. The Morgan fingerprint density at radius 2 is 2.14 bits per heavy atom. The fourth-order valence-electron chi connectivity index (χ4n) is 3.94. The third-order valence-corrected chi connectivity index (χ3v) is 5.44. The van der Waals surface area contributed by atoms with Crippen LogP contribution in [0.3, 0.4) is 0 Å². The highest BCUT2D eigenvalue weighted by Gasteiger charge is 2.23. The molecule has 8 heteroatoms. The van der Waals surface area contributed by atoms with E-state index < -0.39 is 0 Å². The molecule has 0 N–H and O–H groups in total. The Labute approximate surface area is 169 Å². The largest absolute Gasteiger partial charge is 0.361 e. The Balaban J connectivity index is 1.42. The number of nitrogens with zero attached hydrogens (tertiary/aromatic N) is 6. The molecule has 0 radical (unpaired) electrons. The van der Waals surface area contributed by atoms with Crippen molar-refractivity contribution < 1.29 is 9.32 Å². The second kappa shape index (κ2) is 8.46. The average Bonchev–Trinajstić information content (AvgIpc) is 2.93. The monoisotopic (exact) mass is 392 g/mol. The summed E-state index contributed by atoms with van der Waals surface area (Å²) in [4.78, 5) is 23.4. The summed E-state index contributed by atoms with van der Waals surface area (Å²) < 4.78 is 5.27. The molecular formula is C21H24N6O2. The van der Waals surface area contributed by atoms with Crippen LogP contribution in [0.25, 0.3) is 11.3 Å². The number of likely N-dealkylation sites (tertiary alicyclic amines) is 1. The Bertz CT molecular complexity index is 968. The van der Waals surface area contributed by atoms with Crippen molar-refractivity contribution in [3.05, 3.63) is 53.6 Å². The lowest BCUT2D eigenvalue weighted by molar-refractivity contribution is 0.0753. The van der Waals surface area contributed by atoms with Gasteiger partial charge in [0.1, 0.15) is 12.1 Å². The number of aromatic nitrogens is 5. The van der Waals surface area contributed by atoms with Gasteiger partial charge in [0, 0.05) is 25.0 Å². The van der Waals surface area contributed by atoms with Crippen LogP contribution in [0.1, 0.15) is 46.9 Å². The molecule has 8 nitrogen and oxygen atoms in total. The second-order valence-electron chi connectivity index (χ2n) is 7.50. The van der Waals surface area contributed by atoms with Gasteiger partial charge in [0.2, 0.25) is 0 Å². The summed E-state index contributed by atoms with van der Waals surface area (Å²) in [7, 11) is 0. The summed E-state index contributed by atoms with van der Waals surface area (Å²) in [6.45, 7) is 5.29. The van der Waals surface area contributed by atoms with Crippen molar-refractivity contribution in [2.75, 3.05) is 13.1 Å². The molecule has 1 aliphatic heterocycles. The maximum atomic E-state index is 12.6. The summed E-state index contributed by atoms with van der Waals surface area (Å²) in [6.07, 6.45) is 7.03. The number of carbonyl (C=O) groups excluding carboxylic acids is 1. The van der Waals surface area contributed by atoms with Gasteiger partial charge in [-0.05, 0) is 63.6 Å². The average molecular weight is 392 g/mol. The number of hydrogen-bond acceptors (Lipinski definition) is 7. The molecule has 4 heterocycles. The van der Waals surface area contributed by atoms with Crippen LogP contribution in [0.4, 0.5) is 0 Å². The predicted molar refractivity (Wildman–Crippen MR) is 106 cm³/mol. The first-order chi connectivity index (χ1) is 14.1. The van der Waals surface area contributed by atoms with E-state index in [4.69, 9.17) is 4.52 Å². The molecule has 0 aromatic carbocycles. The zero-order valence-corrected chi connectivity index (χ0v) is 16.7. The highest BCUT2D eigenvalue weighted by Crippen LogP contribution is 2.27. The molecule has 1 saturated heterocycles. The first kappa shape index (κ1) is 19.2. The third-order valence-electron chi connectivity index (χ3n) is 5.44. The molecule has 0 unspecified atom stereocenters. The topological polar surface area (TPSA) is 97.9 Å². The van der Waals surface area contributed by atoms with Gasteiger partial charge in [-0.25, -0.2) is 9.97 Å². The van der Waals surface area contributed by atoms with Crippen LogP contribution in [-0.2, 0) is 6.42 Å². The van der Waals surface area contributed by atoms with E-state index in [1.165, 1.54) is 0 Å². The van der Waals surface area contributed by atoms with Crippen LogP contribution >= 0.6 is 0 Å². The smallest absolute Gasteiger partial charge is 0.274 e. The van der Waals surface area contributed by atoms with Crippen LogP contribution in [-0.4, -0.2) is 49.2 Å². The highest BCUT2D eigenvalue weighted by atomic mass is 16.5. The van der Waals surface area contributed by atoms with E-state index >= 15 is 0 Å². The van der Waals surface area contributed by atoms with E-state index in [1.807, 2.05) is 24.8 Å². The number of aryl methyl sites for hydroxylation is 2. The van der Waals surface area contributed by atoms with Crippen LogP contribution in [0, 0.1) is 19.8 Å². The van der Waals surface area contributed by atoms with Gasteiger partial charge in [-0.2, -0.15) is 5.10 Å². The van der Waals surface area contributed by atoms with Crippen LogP contribution in [0.15, 0.2) is 35.2 Å². The van der Waals surface area contributed by atoms with Gasteiger partial charge in [0.05, 0.1) is 17.0 Å². The molecule has 0 aliphatic carbocycles. The summed E-state index contributed by atoms with van der Waals surface area (Å²) >= 11 is 0. The summed E-state index contributed by atoms with van der Waals surface area (Å²) in [5.74, 6) is 1.20. The fourth-order valence-corrected chi connectivity index (χ4v) is 3.94. The number of rotatable bonds is 4. The lowest BCUT2D eigenvalue weighted by atomic mass is 9.94. The van der Waals surface area contributed by atoms with E-state index in [9.17, 15) is 4.79 Å². The maximum absolute atomic E-state index is 12.6. The molecule has 4 rings (SSSR count). The van der Waals surface area contributed by atoms with Crippen molar-refractivity contribution in [1.82, 2.24) is 30.2 Å². The lowest BCUT2D eigenvalue weighted by Crippen LogP contribution is -2.32. The molecule has 0 saturated carbocycles. The SMILES string of the molecule is Cc1noc(C)c1-c1cc(C[C@H]2CCCN(C(=O)c3cccnn3)CC2)ncn1. The minimum absolute atomic E-state index is 0.0403. The van der Waals surface area contributed by atoms with Crippen molar-refractivity contribution in [2.45, 2.75) is 39.5 Å². The van der Waals surface area contributed by atoms with Crippen molar-refractivity contribution >= 4 is 5.91 Å². The first-order valence-corrected chi connectivity index (χ1v) is 9.93. The molecule has 0 spiro atoms. The summed E-state index contributed by atoms with van der Waals surface area (Å²) in [6, 6.07) is 5.49. The lowest BCUT2D eigenvalue weighted by Gasteiger charge is -2.20. The minimum atomic E-state index is -0.0403. The Hall–Kier alpha value is -3.16. The minimum Gasteiger partial charge on any atom is -0.361 e. The molecule has 1 aliphatic rings. The van der Waals surface area contributed by atoms with Gasteiger partial charge in [0.25, 0.3) is 5.91 Å². The first-order valence-electron chi connectivity index (χ1n) is 9.93. The molecule has 150 valence electrons. The second-order valence-corrected chi connectivity index (χ2v) is 7.50. The Morgan fingerprint density at radius 1 is 1.24 bits per heavy atom. The molecule has 29 heavy (non-hydrogen) atoms. The van der Waals surface area contributed by atoms with Crippen molar-refractivity contribution in [2.24, 2.45) is 5.92 Å². The molecule has 1 atom stereocenters. The van der Waals surface area contributed by atoms with Crippen molar-refractivity contribution in [3.8, 4) is 11.3 Å². The Morgan fingerprint density at radius 3 is 2.90 bits per heavy atom. The van der Waals surface area contributed by atoms with Gasteiger partial charge in [-0.15, -0.1) is 5.10 Å². The van der Waals surface area contributed by atoms with Crippen LogP contribution in [0.2, 0.25) is 0 Å². The van der Waals surface area contributed by atoms with Gasteiger partial charge in [-0.3, -0.25) is 4.79 Å². The molecular weight excluding hydrogens is 368 g/mol. The summed E-state index contributed by atoms with van der Waals surface area (Å²) in [5.41, 5.74) is 4.04. The fraction of sp³-hybridized carbons (Fsp3) is 0.429. The molecule has 1 amide bonds. The van der Waals surface area contributed by atoms with Gasteiger partial charge in [-0.1, -0.05) is 5.16 Å². The van der Waals surface area contributed by atoms with Crippen molar-refractivity contribution in [3.63, 3.8) is 0 Å². The van der Waals surface area contributed by atoms with Crippen molar-refractivity contribution in [1.29, 1.82) is 0 Å². The van der Waals surface area contributed by atoms with E-state index in [0.29, 0.717) is 11.6 Å².